The van der Waals surface area contributed by atoms with Crippen LogP contribution in [0.5, 0.6) is 0 Å². The molecule has 0 fully saturated rings. The van der Waals surface area contributed by atoms with Crippen LogP contribution in [-0.2, 0) is 20.1 Å². The number of hydrogen-bond acceptors (Lipinski definition) is 3. The Balaban J connectivity index is 2.29. The number of aryl methyl sites for hydroxylation is 2. The van der Waals surface area contributed by atoms with Crippen molar-refractivity contribution in [1.29, 1.82) is 0 Å². The van der Waals surface area contributed by atoms with Crippen molar-refractivity contribution in [3.63, 3.8) is 0 Å². The monoisotopic (exact) mass is 267 g/mol. The van der Waals surface area contributed by atoms with Crippen LogP contribution in [0.4, 0.5) is 0 Å². The maximum Gasteiger partial charge on any atom is 0.0866 e. The molecule has 5 nitrogen and oxygen atoms in total. The fraction of sp³-hybridized carbons (Fsp3) is 0.500. The molecule has 0 saturated carbocycles. The van der Waals surface area contributed by atoms with Gasteiger partial charge in [0.2, 0.25) is 0 Å². The maximum absolute atomic E-state index is 6.25. The summed E-state index contributed by atoms with van der Waals surface area (Å²) in [5, 5.41) is 12.6. The summed E-state index contributed by atoms with van der Waals surface area (Å²) < 4.78 is 3.77. The van der Waals surface area contributed by atoms with Gasteiger partial charge in [-0.25, -0.2) is 0 Å². The summed E-state index contributed by atoms with van der Waals surface area (Å²) in [5.74, 6) is 0. The second-order valence-corrected chi connectivity index (χ2v) is 4.79. The SMILES string of the molecule is CNCc1cnn(Cc2c(Cl)c(C)nn2C)c1C. The lowest BCUT2D eigenvalue weighted by molar-refractivity contribution is 0.605. The molecule has 2 aromatic heterocycles. The average molecular weight is 268 g/mol. The Morgan fingerprint density at radius 2 is 2.11 bits per heavy atom. The molecule has 0 aliphatic rings. The van der Waals surface area contributed by atoms with Crippen LogP contribution in [0.15, 0.2) is 6.20 Å². The first kappa shape index (κ1) is 13.1. The Morgan fingerprint density at radius 3 is 2.67 bits per heavy atom. The zero-order valence-electron chi connectivity index (χ0n) is 11.2. The van der Waals surface area contributed by atoms with Gasteiger partial charge >= 0.3 is 0 Å². The molecule has 0 radical (unpaired) electrons. The fourth-order valence-corrected chi connectivity index (χ4v) is 2.22. The lowest BCUT2D eigenvalue weighted by atomic mass is 10.2. The molecule has 0 aliphatic carbocycles. The molecule has 1 N–H and O–H groups in total. The van der Waals surface area contributed by atoms with Crippen LogP contribution >= 0.6 is 11.6 Å². The first-order chi connectivity index (χ1) is 8.54. The van der Waals surface area contributed by atoms with Gasteiger partial charge in [0.15, 0.2) is 0 Å². The number of aromatic nitrogens is 4. The van der Waals surface area contributed by atoms with Crippen LogP contribution in [0.1, 0.15) is 22.6 Å². The van der Waals surface area contributed by atoms with E-state index in [1.54, 1.807) is 0 Å². The number of hydrogen-bond donors (Lipinski definition) is 1. The topological polar surface area (TPSA) is 47.7 Å². The summed E-state index contributed by atoms with van der Waals surface area (Å²) in [4.78, 5) is 0. The van der Waals surface area contributed by atoms with Gasteiger partial charge in [0, 0.05) is 24.8 Å². The third-order valence-electron chi connectivity index (χ3n) is 3.13. The average Bonchev–Trinajstić information content (AvgIpc) is 2.78. The molecule has 98 valence electrons. The Morgan fingerprint density at radius 1 is 1.39 bits per heavy atom. The van der Waals surface area contributed by atoms with E-state index >= 15 is 0 Å². The first-order valence-corrected chi connectivity index (χ1v) is 6.26. The lowest BCUT2D eigenvalue weighted by Crippen LogP contribution is -2.10. The van der Waals surface area contributed by atoms with Crippen molar-refractivity contribution in [3.05, 3.63) is 33.9 Å². The molecule has 18 heavy (non-hydrogen) atoms. The van der Waals surface area contributed by atoms with E-state index in [0.29, 0.717) is 6.54 Å². The highest BCUT2D eigenvalue weighted by Crippen LogP contribution is 2.21. The Hall–Kier alpha value is -1.33. The summed E-state index contributed by atoms with van der Waals surface area (Å²) >= 11 is 6.25. The van der Waals surface area contributed by atoms with Gasteiger partial charge in [-0.15, -0.1) is 0 Å². The first-order valence-electron chi connectivity index (χ1n) is 5.88. The van der Waals surface area contributed by atoms with E-state index in [0.717, 1.165) is 28.6 Å². The molecule has 0 unspecified atom stereocenters. The smallest absolute Gasteiger partial charge is 0.0866 e. The molecule has 0 atom stereocenters. The molecule has 2 rings (SSSR count). The van der Waals surface area contributed by atoms with Crippen molar-refractivity contribution in [3.8, 4) is 0 Å². The Labute approximate surface area is 112 Å². The molecule has 2 aromatic rings. The molecule has 0 spiro atoms. The van der Waals surface area contributed by atoms with Crippen molar-refractivity contribution in [2.75, 3.05) is 7.05 Å². The minimum Gasteiger partial charge on any atom is -0.316 e. The van der Waals surface area contributed by atoms with Gasteiger partial charge < -0.3 is 5.32 Å². The molecule has 6 heteroatoms. The highest BCUT2D eigenvalue weighted by Gasteiger charge is 2.14. The van der Waals surface area contributed by atoms with E-state index in [4.69, 9.17) is 11.6 Å². The van der Waals surface area contributed by atoms with Gasteiger partial charge in [-0.05, 0) is 20.9 Å². The van der Waals surface area contributed by atoms with Crippen LogP contribution in [0.25, 0.3) is 0 Å². The second-order valence-electron chi connectivity index (χ2n) is 4.41. The van der Waals surface area contributed by atoms with Crippen molar-refractivity contribution in [1.82, 2.24) is 24.9 Å². The van der Waals surface area contributed by atoms with Crippen molar-refractivity contribution in [2.24, 2.45) is 7.05 Å². The van der Waals surface area contributed by atoms with Gasteiger partial charge in [0.05, 0.1) is 29.2 Å². The molecule has 2 heterocycles. The normalized spacial score (nSPS) is 11.2. The molecule has 0 amide bonds. The highest BCUT2D eigenvalue weighted by molar-refractivity contribution is 6.31. The van der Waals surface area contributed by atoms with Crippen LogP contribution in [-0.4, -0.2) is 26.6 Å². The number of halogens is 1. The summed E-state index contributed by atoms with van der Waals surface area (Å²) in [5.41, 5.74) is 4.19. The van der Waals surface area contributed by atoms with Crippen molar-refractivity contribution < 1.29 is 0 Å². The van der Waals surface area contributed by atoms with E-state index in [2.05, 4.69) is 22.4 Å². The molecular formula is C12H18ClN5. The zero-order chi connectivity index (χ0) is 13.3. The Kier molecular flexibility index (Phi) is 3.73. The minimum absolute atomic E-state index is 0.645. The third kappa shape index (κ3) is 2.28. The standard InChI is InChI=1S/C12H18ClN5/c1-8-12(13)11(17(4)16-8)7-18-9(2)10(5-14-3)6-15-18/h6,14H,5,7H2,1-4H3. The van der Waals surface area contributed by atoms with Gasteiger partial charge in [-0.2, -0.15) is 10.2 Å². The van der Waals surface area contributed by atoms with Crippen LogP contribution in [0.2, 0.25) is 5.02 Å². The predicted molar refractivity (Wildman–Crippen MR) is 71.8 cm³/mol. The second kappa shape index (κ2) is 5.12. The number of nitrogens with zero attached hydrogens (tertiary/aromatic N) is 4. The van der Waals surface area contributed by atoms with E-state index in [9.17, 15) is 0 Å². The van der Waals surface area contributed by atoms with Gasteiger partial charge in [-0.3, -0.25) is 9.36 Å². The fourth-order valence-electron chi connectivity index (χ4n) is 2.00. The number of nitrogens with one attached hydrogen (secondary N) is 1. The quantitative estimate of drug-likeness (QED) is 0.916. The molecular weight excluding hydrogens is 250 g/mol. The maximum atomic E-state index is 6.25. The van der Waals surface area contributed by atoms with Crippen molar-refractivity contribution in [2.45, 2.75) is 26.9 Å². The highest BCUT2D eigenvalue weighted by atomic mass is 35.5. The molecule has 0 saturated heterocycles. The van der Waals surface area contributed by atoms with E-state index in [-0.39, 0.29) is 0 Å². The van der Waals surface area contributed by atoms with E-state index in [1.807, 2.05) is 36.6 Å². The summed E-state index contributed by atoms with van der Waals surface area (Å²) in [6.45, 7) is 5.45. The summed E-state index contributed by atoms with van der Waals surface area (Å²) in [6, 6.07) is 0. The summed E-state index contributed by atoms with van der Waals surface area (Å²) in [7, 11) is 3.83. The predicted octanol–water partition coefficient (Wildman–Crippen LogP) is 1.65. The van der Waals surface area contributed by atoms with Crippen LogP contribution in [0, 0.1) is 13.8 Å². The Bertz CT molecular complexity index is 555. The minimum atomic E-state index is 0.645. The lowest BCUT2D eigenvalue weighted by Gasteiger charge is -2.06. The van der Waals surface area contributed by atoms with Crippen LogP contribution in [0.3, 0.4) is 0 Å². The largest absolute Gasteiger partial charge is 0.316 e. The van der Waals surface area contributed by atoms with E-state index in [1.165, 1.54) is 5.56 Å². The molecule has 0 aliphatic heterocycles. The van der Waals surface area contributed by atoms with Gasteiger partial charge in [-0.1, -0.05) is 11.6 Å². The van der Waals surface area contributed by atoms with Crippen LogP contribution < -0.4 is 5.32 Å². The van der Waals surface area contributed by atoms with Gasteiger partial charge in [0.25, 0.3) is 0 Å². The third-order valence-corrected chi connectivity index (χ3v) is 3.62. The van der Waals surface area contributed by atoms with E-state index < -0.39 is 0 Å². The number of rotatable bonds is 4. The van der Waals surface area contributed by atoms with Crippen molar-refractivity contribution >= 4 is 11.6 Å². The molecule has 0 aromatic carbocycles. The van der Waals surface area contributed by atoms with Gasteiger partial charge in [0.1, 0.15) is 0 Å². The molecule has 0 bridgehead atoms. The zero-order valence-corrected chi connectivity index (χ0v) is 11.9. The summed E-state index contributed by atoms with van der Waals surface area (Å²) in [6.07, 6.45) is 1.89.